The van der Waals surface area contributed by atoms with Gasteiger partial charge in [0.05, 0.1) is 4.92 Å². The Bertz CT molecular complexity index is 354. The molecule has 0 aliphatic heterocycles. The fourth-order valence-electron chi connectivity index (χ4n) is 0.935. The number of nitro groups is 1. The van der Waals surface area contributed by atoms with Gasteiger partial charge >= 0.3 is 5.69 Å². The van der Waals surface area contributed by atoms with Crippen molar-refractivity contribution in [2.75, 3.05) is 6.26 Å². The highest BCUT2D eigenvalue weighted by atomic mass is 32.2. The third-order valence-corrected chi connectivity index (χ3v) is 2.12. The standard InChI is InChI=1S/C7H8N2O3S/c1-4-3-5(10)6(9(11)12)7(8-4)13-2/h3H,1-2H3,(H,8,10). The second-order valence-electron chi connectivity index (χ2n) is 2.40. The predicted octanol–water partition coefficient (Wildman–Crippen LogP) is 1.73. The highest BCUT2D eigenvalue weighted by molar-refractivity contribution is 7.98. The lowest BCUT2D eigenvalue weighted by Crippen LogP contribution is -1.95. The van der Waals surface area contributed by atoms with E-state index in [0.29, 0.717) is 5.69 Å². The van der Waals surface area contributed by atoms with Crippen molar-refractivity contribution in [1.82, 2.24) is 4.98 Å². The van der Waals surface area contributed by atoms with E-state index in [1.807, 2.05) is 0 Å². The van der Waals surface area contributed by atoms with Crippen LogP contribution in [0.2, 0.25) is 0 Å². The van der Waals surface area contributed by atoms with Crippen LogP contribution < -0.4 is 0 Å². The lowest BCUT2D eigenvalue weighted by molar-refractivity contribution is -0.389. The van der Waals surface area contributed by atoms with Gasteiger partial charge in [0.15, 0.2) is 10.8 Å². The molecule has 0 amide bonds. The normalized spacial score (nSPS) is 10.0. The van der Waals surface area contributed by atoms with Gasteiger partial charge in [-0.05, 0) is 13.2 Å². The Morgan fingerprint density at radius 3 is 2.77 bits per heavy atom. The molecule has 0 radical (unpaired) electrons. The van der Waals surface area contributed by atoms with Crippen molar-refractivity contribution >= 4 is 17.4 Å². The number of aromatic nitrogens is 1. The minimum atomic E-state index is -0.631. The highest BCUT2D eigenvalue weighted by Gasteiger charge is 2.20. The molecular weight excluding hydrogens is 192 g/mol. The summed E-state index contributed by atoms with van der Waals surface area (Å²) < 4.78 is 0. The summed E-state index contributed by atoms with van der Waals surface area (Å²) in [5.41, 5.74) is 0.241. The molecule has 1 aromatic rings. The predicted molar refractivity (Wildman–Crippen MR) is 49.1 cm³/mol. The Labute approximate surface area is 79.0 Å². The van der Waals surface area contributed by atoms with Crippen LogP contribution >= 0.6 is 11.8 Å². The van der Waals surface area contributed by atoms with Crippen molar-refractivity contribution in [3.05, 3.63) is 21.9 Å². The minimum Gasteiger partial charge on any atom is -0.502 e. The number of hydrogen-bond donors (Lipinski definition) is 1. The largest absolute Gasteiger partial charge is 0.502 e. The Kier molecular flexibility index (Phi) is 2.72. The first kappa shape index (κ1) is 9.79. The first-order valence-corrected chi connectivity index (χ1v) is 4.67. The Balaban J connectivity index is 3.38. The highest BCUT2D eigenvalue weighted by Crippen LogP contribution is 2.34. The van der Waals surface area contributed by atoms with E-state index in [4.69, 9.17) is 0 Å². The van der Waals surface area contributed by atoms with Gasteiger partial charge in [-0.25, -0.2) is 4.98 Å². The summed E-state index contributed by atoms with van der Waals surface area (Å²) in [4.78, 5) is 13.8. The third-order valence-electron chi connectivity index (χ3n) is 1.44. The van der Waals surface area contributed by atoms with E-state index < -0.39 is 4.92 Å². The molecule has 6 heteroatoms. The first-order chi connectivity index (χ1) is 6.06. The summed E-state index contributed by atoms with van der Waals surface area (Å²) >= 11 is 1.14. The van der Waals surface area contributed by atoms with Crippen LogP contribution in [-0.4, -0.2) is 21.3 Å². The number of thioether (sulfide) groups is 1. The lowest BCUT2D eigenvalue weighted by atomic mass is 10.3. The fourth-order valence-corrected chi connectivity index (χ4v) is 1.54. The van der Waals surface area contributed by atoms with Crippen molar-refractivity contribution in [2.45, 2.75) is 11.9 Å². The monoisotopic (exact) mass is 200 g/mol. The molecule has 13 heavy (non-hydrogen) atoms. The van der Waals surface area contributed by atoms with Crippen LogP contribution in [0.25, 0.3) is 0 Å². The molecule has 0 spiro atoms. The molecule has 1 rings (SSSR count). The van der Waals surface area contributed by atoms with Crippen LogP contribution in [0.3, 0.4) is 0 Å². The molecule has 0 fully saturated rings. The van der Waals surface area contributed by atoms with Crippen molar-refractivity contribution in [3.8, 4) is 5.75 Å². The zero-order chi connectivity index (χ0) is 10.0. The Morgan fingerprint density at radius 1 is 1.69 bits per heavy atom. The quantitative estimate of drug-likeness (QED) is 0.447. The fraction of sp³-hybridized carbons (Fsp3) is 0.286. The van der Waals surface area contributed by atoms with Gasteiger partial charge in [0, 0.05) is 11.8 Å². The molecule has 0 aromatic carbocycles. The van der Waals surface area contributed by atoms with Gasteiger partial charge in [0.1, 0.15) is 0 Å². The molecule has 0 saturated heterocycles. The number of hydrogen-bond acceptors (Lipinski definition) is 5. The first-order valence-electron chi connectivity index (χ1n) is 3.45. The number of nitrogens with zero attached hydrogens (tertiary/aromatic N) is 2. The van der Waals surface area contributed by atoms with Gasteiger partial charge in [-0.2, -0.15) is 0 Å². The van der Waals surface area contributed by atoms with Crippen molar-refractivity contribution in [1.29, 1.82) is 0 Å². The van der Waals surface area contributed by atoms with Crippen LogP contribution in [-0.2, 0) is 0 Å². The molecule has 5 nitrogen and oxygen atoms in total. The van der Waals surface area contributed by atoms with Crippen molar-refractivity contribution in [2.24, 2.45) is 0 Å². The maximum atomic E-state index is 10.5. The minimum absolute atomic E-state index is 0.238. The molecule has 1 heterocycles. The molecular formula is C7H8N2O3S. The van der Waals surface area contributed by atoms with E-state index in [1.165, 1.54) is 6.07 Å². The van der Waals surface area contributed by atoms with Gasteiger partial charge in [-0.1, -0.05) is 0 Å². The Morgan fingerprint density at radius 2 is 2.31 bits per heavy atom. The van der Waals surface area contributed by atoms with Crippen LogP contribution in [0.4, 0.5) is 5.69 Å². The van der Waals surface area contributed by atoms with Gasteiger partial charge in [-0.3, -0.25) is 10.1 Å². The van der Waals surface area contributed by atoms with E-state index >= 15 is 0 Å². The SMILES string of the molecule is CSc1nc(C)cc(O)c1[N+](=O)[O-]. The van der Waals surface area contributed by atoms with Crippen LogP contribution in [0, 0.1) is 17.0 Å². The summed E-state index contributed by atoms with van der Waals surface area (Å²) in [5.74, 6) is -0.332. The lowest BCUT2D eigenvalue weighted by Gasteiger charge is -2.01. The topological polar surface area (TPSA) is 76.3 Å². The smallest absolute Gasteiger partial charge is 0.342 e. The summed E-state index contributed by atoms with van der Waals surface area (Å²) in [5, 5.41) is 20.0. The molecule has 0 unspecified atom stereocenters. The van der Waals surface area contributed by atoms with Gasteiger partial charge in [-0.15, -0.1) is 11.8 Å². The average molecular weight is 200 g/mol. The van der Waals surface area contributed by atoms with Gasteiger partial charge < -0.3 is 5.11 Å². The third kappa shape index (κ3) is 1.89. The van der Waals surface area contributed by atoms with Gasteiger partial charge in [0.25, 0.3) is 0 Å². The van der Waals surface area contributed by atoms with Crippen LogP contribution in [0.1, 0.15) is 5.69 Å². The molecule has 0 saturated carbocycles. The second-order valence-corrected chi connectivity index (χ2v) is 3.19. The van der Waals surface area contributed by atoms with Crippen molar-refractivity contribution < 1.29 is 10.0 Å². The Hall–Kier alpha value is -1.30. The molecule has 1 aromatic heterocycles. The van der Waals surface area contributed by atoms with E-state index in [9.17, 15) is 15.2 Å². The summed E-state index contributed by atoms with van der Waals surface area (Å²) in [6.07, 6.45) is 1.67. The van der Waals surface area contributed by atoms with Gasteiger partial charge in [0.2, 0.25) is 0 Å². The zero-order valence-electron chi connectivity index (χ0n) is 7.14. The average Bonchev–Trinajstić information content (AvgIpc) is 2.01. The zero-order valence-corrected chi connectivity index (χ0v) is 7.96. The van der Waals surface area contributed by atoms with E-state index in [1.54, 1.807) is 13.2 Å². The number of aryl methyl sites for hydroxylation is 1. The van der Waals surface area contributed by atoms with Crippen LogP contribution in [0.15, 0.2) is 11.1 Å². The van der Waals surface area contributed by atoms with E-state index in [0.717, 1.165) is 11.8 Å². The van der Waals surface area contributed by atoms with E-state index in [2.05, 4.69) is 4.98 Å². The van der Waals surface area contributed by atoms with Crippen LogP contribution in [0.5, 0.6) is 5.75 Å². The molecule has 0 atom stereocenters. The second kappa shape index (κ2) is 3.61. The molecule has 1 N–H and O–H groups in total. The summed E-state index contributed by atoms with van der Waals surface area (Å²) in [6.45, 7) is 1.67. The van der Waals surface area contributed by atoms with Crippen molar-refractivity contribution in [3.63, 3.8) is 0 Å². The molecule has 70 valence electrons. The number of aromatic hydroxyl groups is 1. The molecule has 0 aliphatic carbocycles. The number of pyridine rings is 1. The summed E-state index contributed by atoms with van der Waals surface area (Å²) in [7, 11) is 0. The summed E-state index contributed by atoms with van der Waals surface area (Å²) in [6, 6.07) is 1.28. The number of rotatable bonds is 2. The molecule has 0 bridgehead atoms. The molecule has 0 aliphatic rings. The maximum absolute atomic E-state index is 10.5. The maximum Gasteiger partial charge on any atom is 0.342 e. The van der Waals surface area contributed by atoms with E-state index in [-0.39, 0.29) is 16.5 Å².